The van der Waals surface area contributed by atoms with Crippen LogP contribution in [0.2, 0.25) is 0 Å². The van der Waals surface area contributed by atoms with Gasteiger partial charge in [0.25, 0.3) is 0 Å². The largest absolute Gasteiger partial charge is 0.378 e. The van der Waals surface area contributed by atoms with Crippen LogP contribution in [0, 0.1) is 5.82 Å². The molecule has 2 N–H and O–H groups in total. The van der Waals surface area contributed by atoms with Crippen molar-refractivity contribution in [3.8, 4) is 0 Å². The van der Waals surface area contributed by atoms with Crippen molar-refractivity contribution < 1.29 is 13.9 Å². The van der Waals surface area contributed by atoms with Crippen LogP contribution in [-0.4, -0.2) is 83.6 Å². The molecule has 0 spiro atoms. The molecule has 1 aromatic carbocycles. The van der Waals surface area contributed by atoms with Gasteiger partial charge in [0.15, 0.2) is 5.96 Å². The number of benzene rings is 1. The quantitative estimate of drug-likeness (QED) is 0.579. The highest BCUT2D eigenvalue weighted by Gasteiger charge is 2.18. The Bertz CT molecular complexity index is 637. The fourth-order valence-corrected chi connectivity index (χ4v) is 3.41. The van der Waals surface area contributed by atoms with Crippen LogP contribution in [0.5, 0.6) is 0 Å². The highest BCUT2D eigenvalue weighted by atomic mass is 19.1. The van der Waals surface area contributed by atoms with Crippen molar-refractivity contribution in [3.63, 3.8) is 0 Å². The highest BCUT2D eigenvalue weighted by molar-refractivity contribution is 5.79. The predicted molar refractivity (Wildman–Crippen MR) is 105 cm³/mol. The molecule has 2 fully saturated rings. The minimum Gasteiger partial charge on any atom is -0.378 e. The first-order chi connectivity index (χ1) is 13.2. The van der Waals surface area contributed by atoms with E-state index in [0.29, 0.717) is 32.3 Å². The third kappa shape index (κ3) is 5.79. The van der Waals surface area contributed by atoms with Gasteiger partial charge in [0.2, 0.25) is 0 Å². The fraction of sp³-hybridized carbons (Fsp3) is 0.632. The molecule has 3 rings (SSSR count). The summed E-state index contributed by atoms with van der Waals surface area (Å²) in [6.45, 7) is 6.82. The molecule has 2 aliphatic rings. The van der Waals surface area contributed by atoms with Gasteiger partial charge in [-0.05, 0) is 30.8 Å². The van der Waals surface area contributed by atoms with Gasteiger partial charge < -0.3 is 29.9 Å². The van der Waals surface area contributed by atoms with Gasteiger partial charge in [-0.1, -0.05) is 0 Å². The second-order valence-corrected chi connectivity index (χ2v) is 6.93. The summed E-state index contributed by atoms with van der Waals surface area (Å²) in [5.74, 6) is 0.453. The molecular weight excluding hydrogens is 349 g/mol. The smallest absolute Gasteiger partial charge is 0.191 e. The van der Waals surface area contributed by atoms with Gasteiger partial charge in [-0.3, -0.25) is 4.99 Å². The van der Waals surface area contributed by atoms with Crippen LogP contribution >= 0.6 is 0 Å². The summed E-state index contributed by atoms with van der Waals surface area (Å²) in [6, 6.07) is 4.95. The van der Waals surface area contributed by atoms with E-state index in [4.69, 9.17) is 9.47 Å². The van der Waals surface area contributed by atoms with Gasteiger partial charge in [0.05, 0.1) is 25.9 Å². The van der Waals surface area contributed by atoms with E-state index in [1.807, 2.05) is 6.07 Å². The van der Waals surface area contributed by atoms with Crippen molar-refractivity contribution in [2.45, 2.75) is 12.6 Å². The molecule has 0 amide bonds. The summed E-state index contributed by atoms with van der Waals surface area (Å²) >= 11 is 0. The van der Waals surface area contributed by atoms with Crippen molar-refractivity contribution in [1.29, 1.82) is 0 Å². The molecule has 27 heavy (non-hydrogen) atoms. The number of ether oxygens (including phenoxy) is 2. The topological polar surface area (TPSA) is 61.4 Å². The lowest BCUT2D eigenvalue weighted by Crippen LogP contribution is -2.48. The molecule has 0 saturated carbocycles. The van der Waals surface area contributed by atoms with Gasteiger partial charge >= 0.3 is 0 Å². The van der Waals surface area contributed by atoms with Gasteiger partial charge in [-0.15, -0.1) is 0 Å². The van der Waals surface area contributed by atoms with Crippen LogP contribution in [0.15, 0.2) is 23.2 Å². The second kappa shape index (κ2) is 9.87. The second-order valence-electron chi connectivity index (χ2n) is 6.93. The lowest BCUT2D eigenvalue weighted by atomic mass is 10.1. The number of morpholine rings is 2. The van der Waals surface area contributed by atoms with E-state index < -0.39 is 0 Å². The van der Waals surface area contributed by atoms with E-state index in [1.165, 1.54) is 6.07 Å². The number of nitrogens with zero attached hydrogens (tertiary/aromatic N) is 3. The number of hydrogen-bond acceptors (Lipinski definition) is 5. The molecule has 8 heteroatoms. The monoisotopic (exact) mass is 379 g/mol. The molecular formula is C19H30FN5O2. The summed E-state index contributed by atoms with van der Waals surface area (Å²) in [4.78, 5) is 8.76. The van der Waals surface area contributed by atoms with Gasteiger partial charge in [0.1, 0.15) is 5.82 Å². The predicted octanol–water partition coefficient (Wildman–Crippen LogP) is 0.658. The molecule has 0 aliphatic carbocycles. The molecule has 0 aromatic heterocycles. The Balaban J connectivity index is 1.56. The molecule has 150 valence electrons. The van der Waals surface area contributed by atoms with Crippen LogP contribution < -0.4 is 15.5 Å². The summed E-state index contributed by atoms with van der Waals surface area (Å²) in [7, 11) is 3.83. The first kappa shape index (κ1) is 19.9. The third-order valence-electron chi connectivity index (χ3n) is 4.90. The molecule has 0 radical (unpaired) electrons. The highest BCUT2D eigenvalue weighted by Crippen LogP contribution is 2.22. The molecule has 1 aromatic rings. The van der Waals surface area contributed by atoms with E-state index in [9.17, 15) is 4.39 Å². The molecule has 2 aliphatic heterocycles. The van der Waals surface area contributed by atoms with Crippen molar-refractivity contribution in [2.24, 2.45) is 4.99 Å². The number of rotatable bonds is 5. The number of anilines is 1. The van der Waals surface area contributed by atoms with E-state index in [2.05, 4.69) is 32.5 Å². The van der Waals surface area contributed by atoms with Crippen molar-refractivity contribution in [1.82, 2.24) is 15.5 Å². The molecule has 1 unspecified atom stereocenters. The van der Waals surface area contributed by atoms with Gasteiger partial charge in [-0.25, -0.2) is 4.39 Å². The zero-order chi connectivity index (χ0) is 19.1. The minimum atomic E-state index is -0.231. The molecule has 2 heterocycles. The summed E-state index contributed by atoms with van der Waals surface area (Å²) in [6.07, 6.45) is 0.139. The van der Waals surface area contributed by atoms with Gasteiger partial charge in [0, 0.05) is 52.0 Å². The van der Waals surface area contributed by atoms with E-state index in [-0.39, 0.29) is 11.9 Å². The Hall–Kier alpha value is -1.90. The summed E-state index contributed by atoms with van der Waals surface area (Å²) < 4.78 is 25.0. The number of likely N-dealkylation sites (N-methyl/N-ethyl adjacent to an activating group) is 1. The van der Waals surface area contributed by atoms with E-state index in [0.717, 1.165) is 44.0 Å². The Morgan fingerprint density at radius 2 is 2.04 bits per heavy atom. The maximum Gasteiger partial charge on any atom is 0.191 e. The number of halogens is 1. The minimum absolute atomic E-state index is 0.139. The first-order valence-corrected chi connectivity index (χ1v) is 9.51. The van der Waals surface area contributed by atoms with E-state index in [1.54, 1.807) is 13.1 Å². The van der Waals surface area contributed by atoms with Crippen LogP contribution in [0.25, 0.3) is 0 Å². The van der Waals surface area contributed by atoms with Gasteiger partial charge in [-0.2, -0.15) is 0 Å². The average molecular weight is 379 g/mol. The lowest BCUT2D eigenvalue weighted by Gasteiger charge is -2.31. The standard InChI is InChI=1S/C19H30FN5O2/c1-21-19(23-13-17-14-24(2)5-10-27-17)22-12-15-11-16(20)3-4-18(15)25-6-8-26-9-7-25/h3-4,11,17H,5-10,12-14H2,1-2H3,(H2,21,22,23). The lowest BCUT2D eigenvalue weighted by molar-refractivity contribution is -0.0161. The number of hydrogen-bond donors (Lipinski definition) is 2. The summed E-state index contributed by atoms with van der Waals surface area (Å²) in [5.41, 5.74) is 1.95. The third-order valence-corrected chi connectivity index (χ3v) is 4.90. The molecule has 1 atom stereocenters. The molecule has 0 bridgehead atoms. The van der Waals surface area contributed by atoms with Crippen LogP contribution in [-0.2, 0) is 16.0 Å². The SMILES string of the molecule is CN=C(NCc1cc(F)ccc1N1CCOCC1)NCC1CN(C)CCO1. The Kier molecular flexibility index (Phi) is 7.25. The number of nitrogens with one attached hydrogen (secondary N) is 2. The maximum absolute atomic E-state index is 13.8. The van der Waals surface area contributed by atoms with Crippen LogP contribution in [0.1, 0.15) is 5.56 Å². The van der Waals surface area contributed by atoms with Crippen molar-refractivity contribution in [2.75, 3.05) is 71.5 Å². The molecule has 2 saturated heterocycles. The maximum atomic E-state index is 13.8. The number of guanidine groups is 1. The summed E-state index contributed by atoms with van der Waals surface area (Å²) in [5, 5.41) is 6.59. The Morgan fingerprint density at radius 3 is 2.78 bits per heavy atom. The first-order valence-electron chi connectivity index (χ1n) is 9.51. The van der Waals surface area contributed by atoms with Crippen molar-refractivity contribution >= 4 is 11.6 Å². The normalized spacial score (nSPS) is 22.0. The van der Waals surface area contributed by atoms with E-state index >= 15 is 0 Å². The average Bonchev–Trinajstić information content (AvgIpc) is 2.69. The zero-order valence-electron chi connectivity index (χ0n) is 16.2. The number of aliphatic imine (C=N–C) groups is 1. The van der Waals surface area contributed by atoms with Crippen LogP contribution in [0.3, 0.4) is 0 Å². The molecule has 7 nitrogen and oxygen atoms in total. The van der Waals surface area contributed by atoms with Crippen LogP contribution in [0.4, 0.5) is 10.1 Å². The fourth-order valence-electron chi connectivity index (χ4n) is 3.41. The Labute approximate surface area is 160 Å². The zero-order valence-corrected chi connectivity index (χ0v) is 16.2. The van der Waals surface area contributed by atoms with Crippen molar-refractivity contribution in [3.05, 3.63) is 29.6 Å². The Morgan fingerprint density at radius 1 is 1.22 bits per heavy atom.